The quantitative estimate of drug-likeness (QED) is 0.107. The van der Waals surface area contributed by atoms with Gasteiger partial charge in [0.2, 0.25) is 5.91 Å². The summed E-state index contributed by atoms with van der Waals surface area (Å²) in [7, 11) is 0. The number of hydrogen-bond donors (Lipinski definition) is 3. The molecule has 8 rings (SSSR count). The minimum Gasteiger partial charge on any atom is -0.445 e. The summed E-state index contributed by atoms with van der Waals surface area (Å²) >= 11 is 6.13. The Balaban J connectivity index is 0.956. The molecule has 0 aliphatic carbocycles. The van der Waals surface area contributed by atoms with E-state index in [1.807, 2.05) is 127 Å². The molecule has 0 bridgehead atoms. The number of aliphatic hydroxyl groups is 2. The lowest BCUT2D eigenvalue weighted by atomic mass is 9.84. The minimum absolute atomic E-state index is 0.0149. The third-order valence-corrected chi connectivity index (χ3v) is 12.4. The van der Waals surface area contributed by atoms with Crippen molar-refractivity contribution >= 4 is 29.5 Å². The van der Waals surface area contributed by atoms with E-state index in [1.165, 1.54) is 4.90 Å². The van der Waals surface area contributed by atoms with Gasteiger partial charge in [-0.1, -0.05) is 122 Å². The van der Waals surface area contributed by atoms with Crippen molar-refractivity contribution in [2.24, 2.45) is 5.92 Å². The van der Waals surface area contributed by atoms with E-state index in [2.05, 4.69) is 17.1 Å². The van der Waals surface area contributed by atoms with E-state index in [0.717, 1.165) is 44.5 Å². The first-order valence-electron chi connectivity index (χ1n) is 20.8. The van der Waals surface area contributed by atoms with Gasteiger partial charge in [-0.3, -0.25) is 14.5 Å². The van der Waals surface area contributed by atoms with Gasteiger partial charge in [-0.2, -0.15) is 0 Å². The van der Waals surface area contributed by atoms with E-state index in [1.54, 1.807) is 0 Å². The molecule has 3 heterocycles. The predicted molar refractivity (Wildman–Crippen MR) is 230 cm³/mol. The van der Waals surface area contributed by atoms with E-state index in [9.17, 15) is 24.6 Å². The Labute approximate surface area is 360 Å². The van der Waals surface area contributed by atoms with E-state index < -0.39 is 29.9 Å². The molecule has 61 heavy (non-hydrogen) atoms. The van der Waals surface area contributed by atoms with Crippen LogP contribution in [0.25, 0.3) is 11.1 Å². The Hall–Kier alpha value is -5.40. The van der Waals surface area contributed by atoms with Crippen LogP contribution in [0.2, 0.25) is 5.02 Å². The second kappa shape index (κ2) is 18.7. The average molecular weight is 844 g/mol. The number of carbonyl (C=O) groups is 3. The van der Waals surface area contributed by atoms with Crippen LogP contribution < -0.4 is 5.32 Å². The Morgan fingerprint density at radius 3 is 2.23 bits per heavy atom. The molecule has 5 aromatic rings. The maximum Gasteiger partial charge on any atom is 0.408 e. The van der Waals surface area contributed by atoms with Gasteiger partial charge in [-0.25, -0.2) is 4.79 Å². The van der Waals surface area contributed by atoms with Gasteiger partial charge in [0.05, 0.1) is 37.4 Å². The highest BCUT2D eigenvalue weighted by atomic mass is 35.5. The topological polar surface area (TPSA) is 138 Å². The number of piperidine rings is 1. The maximum atomic E-state index is 13.3. The Morgan fingerprint density at radius 1 is 0.820 bits per heavy atom. The number of imide groups is 1. The third kappa shape index (κ3) is 9.89. The summed E-state index contributed by atoms with van der Waals surface area (Å²) in [6.07, 6.45) is -0.905. The SMILES string of the molecule is CC1C(CN2CCC(O)(c3ccc(Cl)cc3)CC2)OC(c2cccc(-c3cccc(CN4C(=O)CC(NC(=O)OCc5ccccc5)C4=O)c3)c2)OC1c1ccc(CO)cc1. The monoisotopic (exact) mass is 843 g/mol. The summed E-state index contributed by atoms with van der Waals surface area (Å²) in [5.41, 5.74) is 5.97. The highest BCUT2D eigenvalue weighted by Crippen LogP contribution is 2.43. The first kappa shape index (κ1) is 42.3. The van der Waals surface area contributed by atoms with Crippen molar-refractivity contribution in [3.05, 3.63) is 166 Å². The molecule has 3 aliphatic rings. The zero-order chi connectivity index (χ0) is 42.5. The summed E-state index contributed by atoms with van der Waals surface area (Å²) in [6.45, 7) is 4.26. The van der Waals surface area contributed by atoms with Crippen LogP contribution in [0.4, 0.5) is 4.79 Å². The first-order chi connectivity index (χ1) is 29.5. The van der Waals surface area contributed by atoms with Crippen molar-refractivity contribution in [1.82, 2.24) is 15.1 Å². The summed E-state index contributed by atoms with van der Waals surface area (Å²) in [4.78, 5) is 42.4. The molecule has 0 spiro atoms. The van der Waals surface area contributed by atoms with Crippen LogP contribution >= 0.6 is 11.6 Å². The van der Waals surface area contributed by atoms with Crippen molar-refractivity contribution in [3.63, 3.8) is 0 Å². The average Bonchev–Trinajstić information content (AvgIpc) is 3.54. The number of alkyl carbamates (subject to hydrolysis) is 1. The fourth-order valence-corrected chi connectivity index (χ4v) is 8.63. The molecular formula is C49H50ClN3O8. The second-order valence-corrected chi connectivity index (χ2v) is 16.7. The van der Waals surface area contributed by atoms with Crippen molar-refractivity contribution in [1.29, 1.82) is 0 Å². The van der Waals surface area contributed by atoms with Crippen LogP contribution in [0.3, 0.4) is 0 Å². The maximum absolute atomic E-state index is 13.3. The number of rotatable bonds is 12. The standard InChI is InChI=1S/C49H50ClN3O8/c1-32-43(29-52-23-21-49(58,22-24-52)40-17-19-41(50)20-18-40)60-47(61-45(32)36-15-13-33(30-54)14-16-36)39-12-6-11-38(26-39)37-10-5-9-35(25-37)28-53-44(55)27-42(46(53)56)51-48(57)59-31-34-7-3-2-4-8-34/h2-20,25-26,32,42-43,45,47,54,58H,21-24,27-31H2,1H3,(H,51,57). The normalized spacial score (nSPS) is 22.9. The summed E-state index contributed by atoms with van der Waals surface area (Å²) in [5.74, 6) is -0.866. The van der Waals surface area contributed by atoms with E-state index in [4.69, 9.17) is 25.8 Å². The fourth-order valence-electron chi connectivity index (χ4n) is 8.50. The van der Waals surface area contributed by atoms with E-state index in [0.29, 0.717) is 37.5 Å². The lowest BCUT2D eigenvalue weighted by Crippen LogP contribution is -2.49. The van der Waals surface area contributed by atoms with Gasteiger partial charge in [-0.15, -0.1) is 0 Å². The molecular weight excluding hydrogens is 794 g/mol. The van der Waals surface area contributed by atoms with Crippen molar-refractivity contribution in [2.75, 3.05) is 19.6 Å². The van der Waals surface area contributed by atoms with Crippen molar-refractivity contribution in [2.45, 2.75) is 76.1 Å². The van der Waals surface area contributed by atoms with Crippen LogP contribution in [0.1, 0.15) is 72.0 Å². The minimum atomic E-state index is -0.998. The molecule has 3 amide bonds. The zero-order valence-corrected chi connectivity index (χ0v) is 34.7. The highest BCUT2D eigenvalue weighted by Gasteiger charge is 2.42. The molecule has 5 unspecified atom stereocenters. The Morgan fingerprint density at radius 2 is 1.51 bits per heavy atom. The Bertz CT molecular complexity index is 2320. The number of aliphatic hydroxyl groups excluding tert-OH is 1. The van der Waals surface area contributed by atoms with Gasteiger partial charge in [0.15, 0.2) is 6.29 Å². The second-order valence-electron chi connectivity index (χ2n) is 16.3. The van der Waals surface area contributed by atoms with Gasteiger partial charge in [-0.05, 0) is 76.1 Å². The van der Waals surface area contributed by atoms with E-state index in [-0.39, 0.29) is 50.2 Å². The zero-order valence-electron chi connectivity index (χ0n) is 34.0. The number of halogens is 1. The number of likely N-dealkylation sites (tertiary alicyclic amines) is 2. The molecule has 316 valence electrons. The van der Waals surface area contributed by atoms with Crippen LogP contribution in [-0.2, 0) is 49.2 Å². The number of hydrogen-bond acceptors (Lipinski definition) is 9. The number of carbonyl (C=O) groups excluding carboxylic acids is 3. The van der Waals surface area contributed by atoms with Gasteiger partial charge in [0.25, 0.3) is 5.91 Å². The number of ether oxygens (including phenoxy) is 3. The number of amides is 3. The molecule has 3 fully saturated rings. The summed E-state index contributed by atoms with van der Waals surface area (Å²) < 4.78 is 18.9. The van der Waals surface area contributed by atoms with Gasteiger partial charge in [0.1, 0.15) is 12.6 Å². The lowest BCUT2D eigenvalue weighted by Gasteiger charge is -2.45. The van der Waals surface area contributed by atoms with Crippen LogP contribution in [-0.4, -0.2) is 69.7 Å². The lowest BCUT2D eigenvalue weighted by molar-refractivity contribution is -0.277. The van der Waals surface area contributed by atoms with Crippen LogP contribution in [0.5, 0.6) is 0 Å². The molecule has 3 saturated heterocycles. The van der Waals surface area contributed by atoms with Gasteiger partial charge >= 0.3 is 6.09 Å². The number of benzene rings is 5. The summed E-state index contributed by atoms with van der Waals surface area (Å²) in [5, 5.41) is 24.5. The fraction of sp³-hybridized carbons (Fsp3) is 0.327. The molecule has 5 aromatic carbocycles. The molecule has 5 atom stereocenters. The number of nitrogens with zero attached hydrogens (tertiary/aromatic N) is 2. The largest absolute Gasteiger partial charge is 0.445 e. The smallest absolute Gasteiger partial charge is 0.408 e. The Kier molecular flexibility index (Phi) is 13.0. The summed E-state index contributed by atoms with van der Waals surface area (Å²) in [6, 6.07) is 39.2. The molecule has 3 aliphatic heterocycles. The molecule has 0 saturated carbocycles. The molecule has 12 heteroatoms. The molecule has 0 radical (unpaired) electrons. The molecule has 11 nitrogen and oxygen atoms in total. The predicted octanol–water partition coefficient (Wildman–Crippen LogP) is 7.83. The highest BCUT2D eigenvalue weighted by molar-refractivity contribution is 6.30. The number of nitrogens with one attached hydrogen (secondary N) is 1. The molecule has 3 N–H and O–H groups in total. The first-order valence-corrected chi connectivity index (χ1v) is 21.1. The van der Waals surface area contributed by atoms with Crippen LogP contribution in [0.15, 0.2) is 127 Å². The van der Waals surface area contributed by atoms with E-state index >= 15 is 0 Å². The van der Waals surface area contributed by atoms with Gasteiger partial charge in [0, 0.05) is 36.1 Å². The van der Waals surface area contributed by atoms with Crippen molar-refractivity contribution < 1.29 is 38.8 Å². The van der Waals surface area contributed by atoms with Crippen LogP contribution in [0, 0.1) is 5.92 Å². The van der Waals surface area contributed by atoms with Crippen molar-refractivity contribution in [3.8, 4) is 11.1 Å². The van der Waals surface area contributed by atoms with Gasteiger partial charge < -0.3 is 34.6 Å². The third-order valence-electron chi connectivity index (χ3n) is 12.1. The molecule has 0 aromatic heterocycles.